The first kappa shape index (κ1) is 13.1. The number of benzene rings is 1. The average molecular weight is 313 g/mol. The molecule has 1 aliphatic rings. The van der Waals surface area contributed by atoms with Crippen LogP contribution in [0, 0.1) is 0 Å². The molecule has 0 aliphatic heterocycles. The Kier molecular flexibility index (Phi) is 4.29. The number of halogens is 3. The molecule has 5 heteroatoms. The molecule has 84 valence electrons. The molecule has 0 bridgehead atoms. The zero-order valence-corrected chi connectivity index (χ0v) is 11.2. The second-order valence-corrected chi connectivity index (χ2v) is 5.02. The molecule has 0 unspecified atom stereocenters. The molecule has 0 amide bonds. The van der Waals surface area contributed by atoms with Gasteiger partial charge in [-0.15, -0.1) is 12.4 Å². The lowest BCUT2D eigenvalue weighted by molar-refractivity contribution is 0.278. The van der Waals surface area contributed by atoms with Crippen molar-refractivity contribution in [1.29, 1.82) is 0 Å². The lowest BCUT2D eigenvalue weighted by atomic mass is 10.3. The minimum atomic E-state index is -0.0955. The standard InChI is InChI=1S/C10H11BrClNO.ClH/c11-8-2-1-7(12)5-9(8)14-6-10(13)3-4-10;/h1-2,5H,3-4,6,13H2;1H. The summed E-state index contributed by atoms with van der Waals surface area (Å²) in [5.74, 6) is 0.759. The molecule has 15 heavy (non-hydrogen) atoms. The molecular formula is C10H12BrCl2NO. The van der Waals surface area contributed by atoms with Crippen LogP contribution in [0.15, 0.2) is 22.7 Å². The minimum Gasteiger partial charge on any atom is -0.490 e. The van der Waals surface area contributed by atoms with E-state index in [2.05, 4.69) is 15.9 Å². The molecule has 0 heterocycles. The van der Waals surface area contributed by atoms with Gasteiger partial charge in [-0.3, -0.25) is 0 Å². The van der Waals surface area contributed by atoms with Gasteiger partial charge in [-0.05, 0) is 47.0 Å². The highest BCUT2D eigenvalue weighted by atomic mass is 79.9. The van der Waals surface area contributed by atoms with Crippen molar-refractivity contribution in [1.82, 2.24) is 0 Å². The molecule has 1 fully saturated rings. The van der Waals surface area contributed by atoms with Gasteiger partial charge in [-0.1, -0.05) is 11.6 Å². The maximum absolute atomic E-state index is 5.91. The van der Waals surface area contributed by atoms with Crippen molar-refractivity contribution in [3.05, 3.63) is 27.7 Å². The fraction of sp³-hybridized carbons (Fsp3) is 0.400. The summed E-state index contributed by atoms with van der Waals surface area (Å²) in [6, 6.07) is 5.47. The van der Waals surface area contributed by atoms with Crippen molar-refractivity contribution in [3.8, 4) is 5.75 Å². The quantitative estimate of drug-likeness (QED) is 0.928. The van der Waals surface area contributed by atoms with E-state index < -0.39 is 0 Å². The second kappa shape index (κ2) is 4.91. The van der Waals surface area contributed by atoms with E-state index in [4.69, 9.17) is 22.1 Å². The molecule has 0 radical (unpaired) electrons. The summed E-state index contributed by atoms with van der Waals surface area (Å²) in [5.41, 5.74) is 5.81. The summed E-state index contributed by atoms with van der Waals surface area (Å²) in [7, 11) is 0. The Bertz CT molecular complexity index is 355. The third-order valence-corrected chi connectivity index (χ3v) is 3.19. The normalized spacial score (nSPS) is 16.7. The summed E-state index contributed by atoms with van der Waals surface area (Å²) in [6.45, 7) is 0.561. The maximum atomic E-state index is 5.91. The van der Waals surface area contributed by atoms with Gasteiger partial charge in [0.15, 0.2) is 0 Å². The van der Waals surface area contributed by atoms with Crippen LogP contribution in [-0.2, 0) is 0 Å². The summed E-state index contributed by atoms with van der Waals surface area (Å²) in [4.78, 5) is 0. The summed E-state index contributed by atoms with van der Waals surface area (Å²) in [5, 5.41) is 0.671. The first-order valence-electron chi connectivity index (χ1n) is 4.46. The lowest BCUT2D eigenvalue weighted by Crippen LogP contribution is -2.29. The molecule has 2 rings (SSSR count). The van der Waals surface area contributed by atoms with E-state index in [0.29, 0.717) is 11.6 Å². The van der Waals surface area contributed by atoms with E-state index in [1.807, 2.05) is 12.1 Å². The van der Waals surface area contributed by atoms with Gasteiger partial charge >= 0.3 is 0 Å². The highest BCUT2D eigenvalue weighted by Gasteiger charge is 2.39. The van der Waals surface area contributed by atoms with E-state index in [1.165, 1.54) is 0 Å². The molecule has 1 aromatic rings. The Morgan fingerprint density at radius 3 is 2.73 bits per heavy atom. The van der Waals surface area contributed by atoms with Crippen LogP contribution in [0.1, 0.15) is 12.8 Å². The van der Waals surface area contributed by atoms with Gasteiger partial charge < -0.3 is 10.5 Å². The molecule has 2 N–H and O–H groups in total. The van der Waals surface area contributed by atoms with E-state index in [9.17, 15) is 0 Å². The lowest BCUT2D eigenvalue weighted by Gasteiger charge is -2.12. The first-order valence-corrected chi connectivity index (χ1v) is 5.63. The van der Waals surface area contributed by atoms with Gasteiger partial charge in [0, 0.05) is 5.02 Å². The Labute approximate surface area is 109 Å². The van der Waals surface area contributed by atoms with E-state index in [1.54, 1.807) is 6.07 Å². The van der Waals surface area contributed by atoms with Crippen LogP contribution in [0.4, 0.5) is 0 Å². The number of nitrogens with two attached hydrogens (primary N) is 1. The van der Waals surface area contributed by atoms with Crippen LogP contribution in [0.5, 0.6) is 5.75 Å². The number of hydrogen-bond donors (Lipinski definition) is 1. The van der Waals surface area contributed by atoms with Crippen molar-refractivity contribution in [2.45, 2.75) is 18.4 Å². The Morgan fingerprint density at radius 2 is 2.13 bits per heavy atom. The van der Waals surface area contributed by atoms with Crippen LogP contribution in [0.25, 0.3) is 0 Å². The maximum Gasteiger partial charge on any atom is 0.135 e. The molecule has 0 spiro atoms. The third kappa shape index (κ3) is 3.52. The smallest absolute Gasteiger partial charge is 0.135 e. The summed E-state index contributed by atoms with van der Waals surface area (Å²) >= 11 is 9.24. The van der Waals surface area contributed by atoms with Gasteiger partial charge in [-0.2, -0.15) is 0 Å². The van der Waals surface area contributed by atoms with Gasteiger partial charge in [0.2, 0.25) is 0 Å². The van der Waals surface area contributed by atoms with E-state index in [0.717, 1.165) is 23.1 Å². The monoisotopic (exact) mass is 311 g/mol. The molecule has 1 aromatic carbocycles. The second-order valence-electron chi connectivity index (χ2n) is 3.73. The fourth-order valence-electron chi connectivity index (χ4n) is 1.11. The number of ether oxygens (including phenoxy) is 1. The Hall–Kier alpha value is 0.0400. The van der Waals surface area contributed by atoms with E-state index >= 15 is 0 Å². The molecule has 0 aromatic heterocycles. The van der Waals surface area contributed by atoms with Crippen molar-refractivity contribution >= 4 is 39.9 Å². The van der Waals surface area contributed by atoms with Crippen LogP contribution in [0.2, 0.25) is 5.02 Å². The highest BCUT2D eigenvalue weighted by molar-refractivity contribution is 9.10. The van der Waals surface area contributed by atoms with Crippen LogP contribution >= 0.6 is 39.9 Å². The number of hydrogen-bond acceptors (Lipinski definition) is 2. The zero-order valence-electron chi connectivity index (χ0n) is 8.00. The minimum absolute atomic E-state index is 0. The number of rotatable bonds is 3. The molecule has 2 nitrogen and oxygen atoms in total. The van der Waals surface area contributed by atoms with Crippen molar-refractivity contribution in [3.63, 3.8) is 0 Å². The SMILES string of the molecule is Cl.NC1(COc2cc(Cl)ccc2Br)CC1. The van der Waals surface area contributed by atoms with Crippen LogP contribution in [-0.4, -0.2) is 12.1 Å². The topological polar surface area (TPSA) is 35.2 Å². The predicted molar refractivity (Wildman–Crippen MR) is 68.0 cm³/mol. The van der Waals surface area contributed by atoms with Crippen LogP contribution < -0.4 is 10.5 Å². The van der Waals surface area contributed by atoms with Gasteiger partial charge in [-0.25, -0.2) is 0 Å². The van der Waals surface area contributed by atoms with Crippen molar-refractivity contribution < 1.29 is 4.74 Å². The van der Waals surface area contributed by atoms with Crippen molar-refractivity contribution in [2.75, 3.05) is 6.61 Å². The summed E-state index contributed by atoms with van der Waals surface area (Å²) in [6.07, 6.45) is 2.09. The molecular weight excluding hydrogens is 301 g/mol. The molecule has 1 saturated carbocycles. The van der Waals surface area contributed by atoms with Gasteiger partial charge in [0.25, 0.3) is 0 Å². The zero-order chi connectivity index (χ0) is 10.2. The average Bonchev–Trinajstić information content (AvgIpc) is 2.87. The van der Waals surface area contributed by atoms with Crippen LogP contribution in [0.3, 0.4) is 0 Å². The Morgan fingerprint density at radius 1 is 1.47 bits per heavy atom. The third-order valence-electron chi connectivity index (χ3n) is 2.30. The summed E-state index contributed by atoms with van der Waals surface area (Å²) < 4.78 is 6.50. The molecule has 1 aliphatic carbocycles. The van der Waals surface area contributed by atoms with E-state index in [-0.39, 0.29) is 17.9 Å². The van der Waals surface area contributed by atoms with Gasteiger partial charge in [0.1, 0.15) is 12.4 Å². The highest BCUT2D eigenvalue weighted by Crippen LogP contribution is 2.34. The predicted octanol–water partition coefficient (Wildman–Crippen LogP) is 3.39. The van der Waals surface area contributed by atoms with Crippen molar-refractivity contribution in [2.24, 2.45) is 5.73 Å². The molecule has 0 saturated heterocycles. The molecule has 0 atom stereocenters. The Balaban J connectivity index is 0.00000112. The fourth-order valence-corrected chi connectivity index (χ4v) is 1.64. The largest absolute Gasteiger partial charge is 0.490 e. The van der Waals surface area contributed by atoms with Gasteiger partial charge in [0.05, 0.1) is 10.0 Å². The first-order chi connectivity index (χ1) is 6.59.